The fourth-order valence-electron chi connectivity index (χ4n) is 2.57. The molecule has 2 aromatic heterocycles. The van der Waals surface area contributed by atoms with Crippen molar-refractivity contribution in [3.63, 3.8) is 0 Å². The first-order chi connectivity index (χ1) is 11.1. The zero-order valence-electron chi connectivity index (χ0n) is 12.2. The smallest absolute Gasteiger partial charge is 0.262 e. The Morgan fingerprint density at radius 3 is 3.00 bits per heavy atom. The van der Waals surface area contributed by atoms with E-state index < -0.39 is 11.5 Å². The number of ether oxygens (including phenoxy) is 1. The van der Waals surface area contributed by atoms with E-state index in [0.717, 1.165) is 21.9 Å². The predicted molar refractivity (Wildman–Crippen MR) is 81.6 cm³/mol. The van der Waals surface area contributed by atoms with Crippen LogP contribution in [0.2, 0.25) is 0 Å². The van der Waals surface area contributed by atoms with Crippen LogP contribution in [0.4, 0.5) is 10.1 Å². The maximum atomic E-state index is 13.8. The molecule has 0 saturated carbocycles. The molecule has 0 amide bonds. The van der Waals surface area contributed by atoms with Crippen LogP contribution in [0, 0.1) is 5.95 Å². The number of nitrogens with zero attached hydrogens (tertiary/aromatic N) is 5. The summed E-state index contributed by atoms with van der Waals surface area (Å²) in [7, 11) is 1.87. The maximum absolute atomic E-state index is 13.8. The largest absolute Gasteiger partial charge is 0.485 e. The Morgan fingerprint density at radius 1 is 1.35 bits per heavy atom. The van der Waals surface area contributed by atoms with Gasteiger partial charge in [0.2, 0.25) is 11.7 Å². The quantitative estimate of drug-likeness (QED) is 0.635. The Balaban J connectivity index is 1.98. The molecule has 0 bridgehead atoms. The molecule has 0 N–H and O–H groups in total. The highest BCUT2D eigenvalue weighted by atomic mass is 19.1. The van der Waals surface area contributed by atoms with Gasteiger partial charge in [-0.3, -0.25) is 4.79 Å². The molecule has 1 aliphatic rings. The van der Waals surface area contributed by atoms with Crippen LogP contribution in [0.5, 0.6) is 5.75 Å². The van der Waals surface area contributed by atoms with Crippen LogP contribution < -0.4 is 15.2 Å². The predicted octanol–water partition coefficient (Wildman–Crippen LogP) is 1.36. The zero-order valence-corrected chi connectivity index (χ0v) is 12.2. The van der Waals surface area contributed by atoms with Gasteiger partial charge in [0, 0.05) is 12.7 Å². The second-order valence-corrected chi connectivity index (χ2v) is 5.21. The Morgan fingerprint density at radius 2 is 2.17 bits per heavy atom. The third-order valence-corrected chi connectivity index (χ3v) is 3.85. The molecule has 0 fully saturated rings. The number of likely N-dealkylation sites (N-methyl/N-ethyl adjacent to an activating group) is 1. The normalized spacial score (nSPS) is 14.0. The minimum atomic E-state index is -0.710. The van der Waals surface area contributed by atoms with E-state index >= 15 is 0 Å². The molecule has 0 aliphatic carbocycles. The molecular formula is C15H12FN5O2. The number of hydrogen-bond acceptors (Lipinski definition) is 5. The molecule has 1 aliphatic heterocycles. The van der Waals surface area contributed by atoms with Gasteiger partial charge in [-0.05, 0) is 18.2 Å². The van der Waals surface area contributed by atoms with Crippen molar-refractivity contribution in [2.75, 3.05) is 18.6 Å². The van der Waals surface area contributed by atoms with Crippen LogP contribution in [-0.4, -0.2) is 32.8 Å². The highest BCUT2D eigenvalue weighted by Gasteiger charge is 2.20. The molecule has 4 rings (SSSR count). The van der Waals surface area contributed by atoms with Crippen molar-refractivity contribution in [2.24, 2.45) is 0 Å². The number of benzene rings is 1. The van der Waals surface area contributed by atoms with E-state index in [0.29, 0.717) is 18.0 Å². The van der Waals surface area contributed by atoms with E-state index in [4.69, 9.17) is 4.74 Å². The zero-order chi connectivity index (χ0) is 16.1. The molecule has 0 radical (unpaired) electrons. The SMILES string of the molecule is C=C1COc2ccc(-n3c(=O)cc(F)n4cnnc34)cc2N1C. The van der Waals surface area contributed by atoms with Gasteiger partial charge in [0.25, 0.3) is 5.56 Å². The van der Waals surface area contributed by atoms with Gasteiger partial charge in [-0.15, -0.1) is 10.2 Å². The molecule has 0 unspecified atom stereocenters. The number of fused-ring (bicyclic) bond motifs is 2. The topological polar surface area (TPSA) is 64.7 Å². The first kappa shape index (κ1) is 13.5. The van der Waals surface area contributed by atoms with Crippen molar-refractivity contribution in [2.45, 2.75) is 0 Å². The molecule has 8 heteroatoms. The average Bonchev–Trinajstić information content (AvgIpc) is 3.01. The Kier molecular flexibility index (Phi) is 2.74. The Bertz CT molecular complexity index is 1010. The monoisotopic (exact) mass is 313 g/mol. The van der Waals surface area contributed by atoms with Crippen LogP contribution in [0.15, 0.2) is 47.7 Å². The standard InChI is InChI=1S/C15H12FN5O2/c1-9-7-23-12-4-3-10(5-11(12)19(9)2)21-14(22)6-13(16)20-8-17-18-15(20)21/h3-6,8H,1,7H2,2H3. The van der Waals surface area contributed by atoms with E-state index in [9.17, 15) is 9.18 Å². The summed E-state index contributed by atoms with van der Waals surface area (Å²) >= 11 is 0. The van der Waals surface area contributed by atoms with E-state index in [1.807, 2.05) is 11.9 Å². The van der Waals surface area contributed by atoms with Gasteiger partial charge in [-0.1, -0.05) is 6.58 Å². The van der Waals surface area contributed by atoms with Crippen molar-refractivity contribution in [3.05, 3.63) is 59.2 Å². The number of rotatable bonds is 1. The summed E-state index contributed by atoms with van der Waals surface area (Å²) in [6.07, 6.45) is 1.22. The number of halogens is 1. The lowest BCUT2D eigenvalue weighted by Crippen LogP contribution is -2.27. The number of aromatic nitrogens is 4. The van der Waals surface area contributed by atoms with Crippen LogP contribution >= 0.6 is 0 Å². The van der Waals surface area contributed by atoms with Crippen molar-refractivity contribution >= 4 is 11.5 Å². The van der Waals surface area contributed by atoms with E-state index in [-0.39, 0.29) is 5.78 Å². The summed E-state index contributed by atoms with van der Waals surface area (Å²) in [5.41, 5.74) is 1.58. The van der Waals surface area contributed by atoms with Crippen LogP contribution in [0.25, 0.3) is 11.5 Å². The molecule has 3 heterocycles. The highest BCUT2D eigenvalue weighted by Crippen LogP contribution is 2.35. The van der Waals surface area contributed by atoms with Crippen LogP contribution in [0.1, 0.15) is 0 Å². The first-order valence-electron chi connectivity index (χ1n) is 6.86. The summed E-state index contributed by atoms with van der Waals surface area (Å²) in [5, 5.41) is 7.50. The molecule has 0 spiro atoms. The average molecular weight is 313 g/mol. The molecule has 0 saturated heterocycles. The first-order valence-corrected chi connectivity index (χ1v) is 6.86. The van der Waals surface area contributed by atoms with Gasteiger partial charge >= 0.3 is 0 Å². The van der Waals surface area contributed by atoms with Crippen molar-refractivity contribution in [1.29, 1.82) is 0 Å². The summed E-state index contributed by atoms with van der Waals surface area (Å²) in [6.45, 7) is 4.33. The molecule has 23 heavy (non-hydrogen) atoms. The fraction of sp³-hybridized carbons (Fsp3) is 0.133. The van der Waals surface area contributed by atoms with Gasteiger partial charge in [0.05, 0.1) is 17.4 Å². The van der Waals surface area contributed by atoms with Gasteiger partial charge < -0.3 is 9.64 Å². The minimum absolute atomic E-state index is 0.105. The third-order valence-electron chi connectivity index (χ3n) is 3.85. The lowest BCUT2D eigenvalue weighted by Gasteiger charge is -2.30. The fourth-order valence-corrected chi connectivity index (χ4v) is 2.57. The molecule has 0 atom stereocenters. The summed E-state index contributed by atoms with van der Waals surface area (Å²) in [4.78, 5) is 14.1. The van der Waals surface area contributed by atoms with Crippen LogP contribution in [-0.2, 0) is 0 Å². The lowest BCUT2D eigenvalue weighted by molar-refractivity contribution is 0.338. The Labute approximate surface area is 129 Å². The molecule has 1 aromatic carbocycles. The molecular weight excluding hydrogens is 301 g/mol. The summed E-state index contributed by atoms with van der Waals surface area (Å²) in [6, 6.07) is 6.15. The number of anilines is 1. The van der Waals surface area contributed by atoms with Gasteiger partial charge in [-0.2, -0.15) is 4.39 Å². The van der Waals surface area contributed by atoms with Crippen molar-refractivity contribution < 1.29 is 9.13 Å². The summed E-state index contributed by atoms with van der Waals surface area (Å²) < 4.78 is 21.8. The van der Waals surface area contributed by atoms with Crippen molar-refractivity contribution in [1.82, 2.24) is 19.2 Å². The molecule has 3 aromatic rings. The Hall–Kier alpha value is -3.16. The van der Waals surface area contributed by atoms with E-state index in [1.165, 1.54) is 10.9 Å². The van der Waals surface area contributed by atoms with Gasteiger partial charge in [0.15, 0.2) is 0 Å². The minimum Gasteiger partial charge on any atom is -0.485 e. The molecule has 7 nitrogen and oxygen atoms in total. The molecule has 116 valence electrons. The summed E-state index contributed by atoms with van der Waals surface area (Å²) in [5.74, 6) is 0.0856. The second-order valence-electron chi connectivity index (χ2n) is 5.21. The van der Waals surface area contributed by atoms with Crippen molar-refractivity contribution in [3.8, 4) is 11.4 Å². The highest BCUT2D eigenvalue weighted by molar-refractivity contribution is 5.67. The van der Waals surface area contributed by atoms with Gasteiger partial charge in [-0.25, -0.2) is 8.97 Å². The van der Waals surface area contributed by atoms with E-state index in [2.05, 4.69) is 16.8 Å². The lowest BCUT2D eigenvalue weighted by atomic mass is 10.2. The second kappa shape index (κ2) is 4.67. The number of hydrogen-bond donors (Lipinski definition) is 0. The van der Waals surface area contributed by atoms with Crippen LogP contribution in [0.3, 0.4) is 0 Å². The maximum Gasteiger partial charge on any atom is 0.262 e. The van der Waals surface area contributed by atoms with Gasteiger partial charge in [0.1, 0.15) is 18.7 Å². The van der Waals surface area contributed by atoms with E-state index in [1.54, 1.807) is 18.2 Å². The third kappa shape index (κ3) is 1.91.